The third-order valence-corrected chi connectivity index (χ3v) is 3.94. The Kier molecular flexibility index (Phi) is 3.35. The van der Waals surface area contributed by atoms with Gasteiger partial charge in [0, 0.05) is 0 Å². The number of nitrogens with zero attached hydrogens (tertiary/aromatic N) is 2. The maximum absolute atomic E-state index is 12.1. The minimum atomic E-state index is -0.0925. The summed E-state index contributed by atoms with van der Waals surface area (Å²) in [5.74, 6) is -0.0925. The van der Waals surface area contributed by atoms with Crippen LogP contribution in [0.3, 0.4) is 0 Å². The van der Waals surface area contributed by atoms with Gasteiger partial charge in [-0.1, -0.05) is 18.2 Å². The summed E-state index contributed by atoms with van der Waals surface area (Å²) in [6.07, 6.45) is 3.45. The molecule has 100 valence electrons. The topological polar surface area (TPSA) is 46.9 Å². The lowest BCUT2D eigenvalue weighted by Gasteiger charge is -2.01. The van der Waals surface area contributed by atoms with Crippen LogP contribution in [0.25, 0.3) is 5.69 Å². The van der Waals surface area contributed by atoms with Gasteiger partial charge in [0.25, 0.3) is 5.91 Å². The molecule has 5 heteroatoms. The Balaban J connectivity index is 1.78. The van der Waals surface area contributed by atoms with Gasteiger partial charge in [0.15, 0.2) is 0 Å². The van der Waals surface area contributed by atoms with E-state index in [1.165, 1.54) is 11.3 Å². The van der Waals surface area contributed by atoms with Crippen LogP contribution in [-0.2, 0) is 0 Å². The molecule has 0 fully saturated rings. The highest BCUT2D eigenvalue weighted by Gasteiger charge is 2.11. The highest BCUT2D eigenvalue weighted by atomic mass is 32.1. The zero-order valence-electron chi connectivity index (χ0n) is 10.9. The van der Waals surface area contributed by atoms with E-state index in [0.717, 1.165) is 16.1 Å². The lowest BCUT2D eigenvalue weighted by molar-refractivity contribution is 0.103. The summed E-state index contributed by atoms with van der Waals surface area (Å²) >= 11 is 1.44. The zero-order chi connectivity index (χ0) is 13.9. The minimum Gasteiger partial charge on any atom is -0.319 e. The van der Waals surface area contributed by atoms with Crippen LogP contribution in [0.2, 0.25) is 0 Å². The summed E-state index contributed by atoms with van der Waals surface area (Å²) in [6.45, 7) is 1.93. The summed E-state index contributed by atoms with van der Waals surface area (Å²) in [5, 5.41) is 9.03. The van der Waals surface area contributed by atoms with Crippen LogP contribution in [0.1, 0.15) is 15.2 Å². The van der Waals surface area contributed by atoms with Crippen molar-refractivity contribution in [3.63, 3.8) is 0 Å². The molecule has 1 N–H and O–H groups in total. The van der Waals surface area contributed by atoms with Crippen molar-refractivity contribution >= 4 is 22.9 Å². The average Bonchev–Trinajstić information content (AvgIpc) is 3.09. The lowest BCUT2D eigenvalue weighted by atomic mass is 10.3. The van der Waals surface area contributed by atoms with Gasteiger partial charge in [0.2, 0.25) is 0 Å². The molecule has 20 heavy (non-hydrogen) atoms. The first kappa shape index (κ1) is 12.6. The van der Waals surface area contributed by atoms with Crippen LogP contribution in [-0.4, -0.2) is 15.7 Å². The molecule has 1 aromatic carbocycles. The summed E-state index contributed by atoms with van der Waals surface area (Å²) in [4.78, 5) is 12.8. The predicted molar refractivity (Wildman–Crippen MR) is 80.6 cm³/mol. The molecule has 0 spiro atoms. The van der Waals surface area contributed by atoms with E-state index < -0.39 is 0 Å². The molecule has 0 aliphatic carbocycles. The number of benzene rings is 1. The summed E-state index contributed by atoms with van der Waals surface area (Å²) in [7, 11) is 0. The van der Waals surface area contributed by atoms with Crippen LogP contribution in [0.5, 0.6) is 0 Å². The number of para-hydroxylation sites is 1. The van der Waals surface area contributed by atoms with E-state index in [2.05, 4.69) is 10.4 Å². The fourth-order valence-corrected chi connectivity index (χ4v) is 2.72. The molecular weight excluding hydrogens is 270 g/mol. The predicted octanol–water partition coefficient (Wildman–Crippen LogP) is 3.49. The molecule has 0 radical (unpaired) electrons. The molecule has 3 rings (SSSR count). The average molecular weight is 283 g/mol. The highest BCUT2D eigenvalue weighted by Crippen LogP contribution is 2.18. The summed E-state index contributed by atoms with van der Waals surface area (Å²) < 4.78 is 1.73. The maximum Gasteiger partial charge on any atom is 0.266 e. The van der Waals surface area contributed by atoms with Crippen LogP contribution >= 0.6 is 11.3 Å². The Morgan fingerprint density at radius 3 is 2.75 bits per heavy atom. The van der Waals surface area contributed by atoms with Gasteiger partial charge in [0.1, 0.15) is 0 Å². The number of thiophene rings is 1. The molecule has 3 aromatic rings. The third-order valence-electron chi connectivity index (χ3n) is 2.93. The van der Waals surface area contributed by atoms with Crippen LogP contribution in [0.4, 0.5) is 5.69 Å². The molecule has 0 bridgehead atoms. The largest absolute Gasteiger partial charge is 0.319 e. The van der Waals surface area contributed by atoms with Gasteiger partial charge in [-0.15, -0.1) is 11.3 Å². The number of carbonyl (C=O) groups is 1. The number of hydrogen-bond acceptors (Lipinski definition) is 3. The lowest BCUT2D eigenvalue weighted by Crippen LogP contribution is -2.10. The van der Waals surface area contributed by atoms with E-state index in [4.69, 9.17) is 0 Å². The molecule has 0 atom stereocenters. The fourth-order valence-electron chi connectivity index (χ4n) is 1.90. The first-order valence-corrected chi connectivity index (χ1v) is 7.07. The van der Waals surface area contributed by atoms with Crippen LogP contribution in [0, 0.1) is 6.92 Å². The number of hydrogen-bond donors (Lipinski definition) is 1. The first-order chi connectivity index (χ1) is 9.74. The SMILES string of the molecule is Cc1ccsc1C(=O)Nc1cnn(-c2ccccc2)c1. The quantitative estimate of drug-likeness (QED) is 0.799. The molecule has 0 aliphatic rings. The van der Waals surface area contributed by atoms with E-state index in [9.17, 15) is 4.79 Å². The molecule has 2 aromatic heterocycles. The van der Waals surface area contributed by atoms with Gasteiger partial charge in [-0.2, -0.15) is 5.10 Å². The number of carbonyl (C=O) groups excluding carboxylic acids is 1. The van der Waals surface area contributed by atoms with Gasteiger partial charge in [0.05, 0.1) is 28.6 Å². The Bertz CT molecular complexity index is 730. The van der Waals surface area contributed by atoms with Gasteiger partial charge >= 0.3 is 0 Å². The van der Waals surface area contributed by atoms with E-state index in [-0.39, 0.29) is 5.91 Å². The number of rotatable bonds is 3. The second kappa shape index (κ2) is 5.30. The van der Waals surface area contributed by atoms with Crippen molar-refractivity contribution in [3.8, 4) is 5.69 Å². The van der Waals surface area contributed by atoms with Crippen LogP contribution < -0.4 is 5.32 Å². The van der Waals surface area contributed by atoms with E-state index in [1.54, 1.807) is 17.1 Å². The Hall–Kier alpha value is -2.40. The van der Waals surface area contributed by atoms with Gasteiger partial charge in [-0.25, -0.2) is 4.68 Å². The minimum absolute atomic E-state index is 0.0925. The molecule has 0 aliphatic heterocycles. The van der Waals surface area contributed by atoms with Crippen molar-refractivity contribution in [1.29, 1.82) is 0 Å². The number of nitrogens with one attached hydrogen (secondary N) is 1. The number of aryl methyl sites for hydroxylation is 1. The van der Waals surface area contributed by atoms with Crippen molar-refractivity contribution in [2.24, 2.45) is 0 Å². The van der Waals surface area contributed by atoms with Crippen molar-refractivity contribution in [2.45, 2.75) is 6.92 Å². The molecule has 0 saturated heterocycles. The summed E-state index contributed by atoms with van der Waals surface area (Å²) in [5.41, 5.74) is 2.63. The molecule has 2 heterocycles. The normalized spacial score (nSPS) is 10.4. The maximum atomic E-state index is 12.1. The first-order valence-electron chi connectivity index (χ1n) is 6.19. The molecular formula is C15H13N3OS. The Morgan fingerprint density at radius 2 is 2.05 bits per heavy atom. The summed E-state index contributed by atoms with van der Waals surface area (Å²) in [6, 6.07) is 11.7. The monoisotopic (exact) mass is 283 g/mol. The number of anilines is 1. The molecule has 0 unspecified atom stereocenters. The molecule has 0 saturated carbocycles. The van der Waals surface area contributed by atoms with Gasteiger partial charge in [-0.05, 0) is 36.1 Å². The highest BCUT2D eigenvalue weighted by molar-refractivity contribution is 7.12. The smallest absolute Gasteiger partial charge is 0.266 e. The molecule has 4 nitrogen and oxygen atoms in total. The van der Waals surface area contributed by atoms with Crippen molar-refractivity contribution in [3.05, 3.63) is 64.6 Å². The Morgan fingerprint density at radius 1 is 1.25 bits per heavy atom. The molecule has 1 amide bonds. The number of amides is 1. The van der Waals surface area contributed by atoms with Crippen molar-refractivity contribution < 1.29 is 4.79 Å². The number of aromatic nitrogens is 2. The van der Waals surface area contributed by atoms with Crippen LogP contribution in [0.15, 0.2) is 54.2 Å². The van der Waals surface area contributed by atoms with Crippen molar-refractivity contribution in [1.82, 2.24) is 9.78 Å². The zero-order valence-corrected chi connectivity index (χ0v) is 11.7. The van der Waals surface area contributed by atoms with E-state index >= 15 is 0 Å². The van der Waals surface area contributed by atoms with E-state index in [0.29, 0.717) is 5.69 Å². The Labute approximate surface area is 120 Å². The second-order valence-corrected chi connectivity index (χ2v) is 5.31. The van der Waals surface area contributed by atoms with Crippen molar-refractivity contribution in [2.75, 3.05) is 5.32 Å². The second-order valence-electron chi connectivity index (χ2n) is 4.40. The van der Waals surface area contributed by atoms with Gasteiger partial charge < -0.3 is 5.32 Å². The van der Waals surface area contributed by atoms with Gasteiger partial charge in [-0.3, -0.25) is 4.79 Å². The van der Waals surface area contributed by atoms with E-state index in [1.807, 2.05) is 48.7 Å². The third kappa shape index (κ3) is 2.48. The standard InChI is InChI=1S/C15H13N3OS/c1-11-7-8-20-14(11)15(19)17-12-9-16-18(10-12)13-5-3-2-4-6-13/h2-10H,1H3,(H,17,19). The fraction of sp³-hybridized carbons (Fsp3) is 0.0667.